The summed E-state index contributed by atoms with van der Waals surface area (Å²) in [7, 11) is 0. The van der Waals surface area contributed by atoms with Crippen molar-refractivity contribution < 1.29 is 13.5 Å². The largest absolute Gasteiger partial charge is 0.434 e. The first-order valence-corrected chi connectivity index (χ1v) is 8.13. The zero-order chi connectivity index (χ0) is 14.4. The minimum Gasteiger partial charge on any atom is -0.434 e. The molecule has 1 aromatic carbocycles. The number of thioether (sulfide) groups is 1. The number of rotatable bonds is 6. The number of hydrogen-bond donors (Lipinski definition) is 1. The van der Waals surface area contributed by atoms with Crippen molar-refractivity contribution in [2.24, 2.45) is 0 Å². The molecular weight excluding hydrogens is 304 g/mol. The highest BCUT2D eigenvalue weighted by Crippen LogP contribution is 2.26. The Labute approximate surface area is 127 Å². The van der Waals surface area contributed by atoms with E-state index in [1.807, 2.05) is 11.8 Å². The Hall–Kier alpha value is -0.520. The Morgan fingerprint density at radius 3 is 2.95 bits per heavy atom. The lowest BCUT2D eigenvalue weighted by atomic mass is 10.1. The number of benzene rings is 1. The van der Waals surface area contributed by atoms with E-state index in [2.05, 4.69) is 10.1 Å². The number of halogens is 3. The Kier molecular flexibility index (Phi) is 6.39. The second kappa shape index (κ2) is 8.05. The molecule has 1 aliphatic heterocycles. The summed E-state index contributed by atoms with van der Waals surface area (Å²) in [5, 5.41) is 4.44. The molecule has 0 spiro atoms. The van der Waals surface area contributed by atoms with Gasteiger partial charge in [-0.05, 0) is 36.8 Å². The van der Waals surface area contributed by atoms with E-state index in [-0.39, 0.29) is 5.75 Å². The second-order valence-electron chi connectivity index (χ2n) is 4.75. The predicted molar refractivity (Wildman–Crippen MR) is 79.9 cm³/mol. The summed E-state index contributed by atoms with van der Waals surface area (Å²) in [6.07, 6.45) is 3.78. The van der Waals surface area contributed by atoms with Crippen LogP contribution in [0.25, 0.3) is 0 Å². The minimum absolute atomic E-state index is 0.188. The van der Waals surface area contributed by atoms with Gasteiger partial charge in [0.1, 0.15) is 5.75 Å². The van der Waals surface area contributed by atoms with Crippen LogP contribution in [-0.2, 0) is 6.54 Å². The van der Waals surface area contributed by atoms with Gasteiger partial charge in [-0.2, -0.15) is 20.5 Å². The maximum atomic E-state index is 12.3. The molecule has 2 nitrogen and oxygen atoms in total. The maximum absolute atomic E-state index is 12.3. The molecule has 1 fully saturated rings. The molecule has 0 amide bonds. The summed E-state index contributed by atoms with van der Waals surface area (Å²) in [5.41, 5.74) is 0.665. The molecule has 0 saturated carbocycles. The Morgan fingerprint density at radius 1 is 1.40 bits per heavy atom. The van der Waals surface area contributed by atoms with E-state index in [1.54, 1.807) is 12.1 Å². The van der Waals surface area contributed by atoms with Crippen LogP contribution in [0.15, 0.2) is 18.2 Å². The first kappa shape index (κ1) is 15.9. The van der Waals surface area contributed by atoms with Gasteiger partial charge in [0.15, 0.2) is 0 Å². The van der Waals surface area contributed by atoms with E-state index < -0.39 is 6.61 Å². The molecule has 6 heteroatoms. The molecule has 0 aromatic heterocycles. The van der Waals surface area contributed by atoms with Crippen LogP contribution in [0.1, 0.15) is 24.8 Å². The fourth-order valence-corrected chi connectivity index (χ4v) is 3.70. The van der Waals surface area contributed by atoms with Gasteiger partial charge in [0.05, 0.1) is 0 Å². The van der Waals surface area contributed by atoms with Crippen LogP contribution >= 0.6 is 23.4 Å². The molecule has 1 saturated heterocycles. The van der Waals surface area contributed by atoms with E-state index in [4.69, 9.17) is 11.6 Å². The van der Waals surface area contributed by atoms with E-state index in [0.717, 1.165) is 6.54 Å². The van der Waals surface area contributed by atoms with Crippen molar-refractivity contribution in [2.75, 3.05) is 12.3 Å². The van der Waals surface area contributed by atoms with E-state index in [0.29, 0.717) is 22.4 Å². The fourth-order valence-electron chi connectivity index (χ4n) is 2.23. The average Bonchev–Trinajstić information content (AvgIpc) is 2.42. The van der Waals surface area contributed by atoms with Gasteiger partial charge in [0.25, 0.3) is 0 Å². The summed E-state index contributed by atoms with van der Waals surface area (Å²) >= 11 is 7.88. The van der Waals surface area contributed by atoms with Crippen molar-refractivity contribution in [1.82, 2.24) is 5.32 Å². The summed E-state index contributed by atoms with van der Waals surface area (Å²) in [6, 6.07) is 4.71. The molecule has 1 N–H and O–H groups in total. The molecule has 1 atom stereocenters. The third-order valence-corrected chi connectivity index (χ3v) is 4.83. The van der Waals surface area contributed by atoms with Gasteiger partial charge in [-0.1, -0.05) is 18.0 Å². The maximum Gasteiger partial charge on any atom is 0.387 e. The summed E-state index contributed by atoms with van der Waals surface area (Å²) < 4.78 is 29.2. The van der Waals surface area contributed by atoms with Crippen LogP contribution in [0.2, 0.25) is 5.02 Å². The Morgan fingerprint density at radius 2 is 2.25 bits per heavy atom. The number of hydrogen-bond acceptors (Lipinski definition) is 3. The van der Waals surface area contributed by atoms with Crippen molar-refractivity contribution in [3.8, 4) is 5.75 Å². The van der Waals surface area contributed by atoms with Crippen LogP contribution < -0.4 is 10.1 Å². The van der Waals surface area contributed by atoms with Gasteiger partial charge >= 0.3 is 6.61 Å². The monoisotopic (exact) mass is 321 g/mol. The summed E-state index contributed by atoms with van der Waals surface area (Å²) in [5.74, 6) is 1.40. The minimum atomic E-state index is -2.82. The lowest BCUT2D eigenvalue weighted by Gasteiger charge is -2.21. The molecule has 2 rings (SSSR count). The highest BCUT2D eigenvalue weighted by atomic mass is 35.5. The van der Waals surface area contributed by atoms with Crippen LogP contribution in [0.4, 0.5) is 8.78 Å². The number of alkyl halides is 2. The molecule has 1 aliphatic rings. The Balaban J connectivity index is 1.88. The van der Waals surface area contributed by atoms with Crippen molar-refractivity contribution >= 4 is 23.4 Å². The van der Waals surface area contributed by atoms with Crippen molar-refractivity contribution in [3.63, 3.8) is 0 Å². The second-order valence-corrected chi connectivity index (χ2v) is 6.59. The molecule has 0 aliphatic carbocycles. The average molecular weight is 322 g/mol. The van der Waals surface area contributed by atoms with Gasteiger partial charge in [-0.25, -0.2) is 0 Å². The van der Waals surface area contributed by atoms with E-state index in [9.17, 15) is 8.78 Å². The third kappa shape index (κ3) is 5.11. The standard InChI is InChI=1S/C14H18ClF2NOS/c15-11-4-5-13(19-14(16)17)10(7-11)8-18-9-12-3-1-2-6-20-12/h4-5,7,12,14,18H,1-3,6,8-9H2. The molecular formula is C14H18ClF2NOS. The molecule has 1 heterocycles. The van der Waals surface area contributed by atoms with Gasteiger partial charge in [0, 0.05) is 28.9 Å². The first-order valence-electron chi connectivity index (χ1n) is 6.70. The molecule has 20 heavy (non-hydrogen) atoms. The fraction of sp³-hybridized carbons (Fsp3) is 0.571. The smallest absolute Gasteiger partial charge is 0.387 e. The molecule has 112 valence electrons. The first-order chi connectivity index (χ1) is 9.65. The molecule has 1 aromatic rings. The van der Waals surface area contributed by atoms with Gasteiger partial charge in [-0.15, -0.1) is 0 Å². The third-order valence-electron chi connectivity index (χ3n) is 3.20. The summed E-state index contributed by atoms with van der Waals surface area (Å²) in [4.78, 5) is 0. The summed E-state index contributed by atoms with van der Waals surface area (Å²) in [6.45, 7) is -1.45. The van der Waals surface area contributed by atoms with Crippen LogP contribution in [0, 0.1) is 0 Å². The zero-order valence-electron chi connectivity index (χ0n) is 11.1. The lowest BCUT2D eigenvalue weighted by molar-refractivity contribution is -0.0504. The number of ether oxygens (including phenoxy) is 1. The Bertz CT molecular complexity index is 428. The molecule has 1 unspecified atom stereocenters. The highest BCUT2D eigenvalue weighted by Gasteiger charge is 2.14. The quantitative estimate of drug-likeness (QED) is 0.843. The molecule has 0 bridgehead atoms. The van der Waals surface area contributed by atoms with Crippen LogP contribution in [-0.4, -0.2) is 24.2 Å². The predicted octanol–water partition coefficient (Wildman–Crippen LogP) is 4.32. The van der Waals surface area contributed by atoms with Gasteiger partial charge in [0.2, 0.25) is 0 Å². The van der Waals surface area contributed by atoms with E-state index >= 15 is 0 Å². The lowest BCUT2D eigenvalue weighted by Crippen LogP contribution is -2.26. The van der Waals surface area contributed by atoms with Gasteiger partial charge in [-0.3, -0.25) is 0 Å². The van der Waals surface area contributed by atoms with Crippen molar-refractivity contribution in [3.05, 3.63) is 28.8 Å². The number of nitrogens with one attached hydrogen (secondary N) is 1. The zero-order valence-corrected chi connectivity index (χ0v) is 12.7. The SMILES string of the molecule is FC(F)Oc1ccc(Cl)cc1CNCC1CCCCS1. The van der Waals surface area contributed by atoms with Crippen molar-refractivity contribution in [1.29, 1.82) is 0 Å². The van der Waals surface area contributed by atoms with Crippen molar-refractivity contribution in [2.45, 2.75) is 37.7 Å². The van der Waals surface area contributed by atoms with Crippen LogP contribution in [0.3, 0.4) is 0 Å². The topological polar surface area (TPSA) is 21.3 Å². The normalized spacial score (nSPS) is 19.3. The van der Waals surface area contributed by atoms with Crippen LogP contribution in [0.5, 0.6) is 5.75 Å². The highest BCUT2D eigenvalue weighted by molar-refractivity contribution is 7.99. The van der Waals surface area contributed by atoms with Gasteiger partial charge < -0.3 is 10.1 Å². The van der Waals surface area contributed by atoms with E-state index in [1.165, 1.54) is 31.1 Å². The molecule has 0 radical (unpaired) electrons.